The minimum Gasteiger partial charge on any atom is -0.503 e. The number of phenolic OH excluding ortho intramolecular Hbond substituents is 1. The summed E-state index contributed by atoms with van der Waals surface area (Å²) in [4.78, 5) is 23.3. The molecule has 6 nitrogen and oxygen atoms in total. The molecular weight excluding hydrogens is 377 g/mol. The third-order valence-corrected chi connectivity index (χ3v) is 4.89. The summed E-state index contributed by atoms with van der Waals surface area (Å²) in [7, 11) is 0. The fraction of sp³-hybridized carbons (Fsp3) is 0.0909. The number of carbonyl (C=O) groups is 2. The minimum atomic E-state index is -1.39. The number of hydrogen-bond donors (Lipinski definition) is 3. The Morgan fingerprint density at radius 2 is 1.59 bits per heavy atom. The largest absolute Gasteiger partial charge is 0.503 e. The first-order chi connectivity index (χ1) is 14.0. The summed E-state index contributed by atoms with van der Waals surface area (Å²) in [6.45, 7) is 0.0295. The van der Waals surface area contributed by atoms with E-state index in [1.807, 2.05) is 48.5 Å². The Balaban J connectivity index is 1.52. The Morgan fingerprint density at radius 3 is 2.17 bits per heavy atom. The van der Waals surface area contributed by atoms with Crippen LogP contribution in [0.5, 0.6) is 5.75 Å². The molecule has 1 amide bonds. The van der Waals surface area contributed by atoms with E-state index in [0.29, 0.717) is 6.07 Å². The summed E-state index contributed by atoms with van der Waals surface area (Å²) in [5.74, 6) is -3.56. The Kier molecular flexibility index (Phi) is 4.64. The number of carbonyl (C=O) groups excluding carboxylic acids is 1. The molecule has 0 aliphatic heterocycles. The van der Waals surface area contributed by atoms with Gasteiger partial charge in [-0.25, -0.2) is 14.0 Å². The molecule has 0 saturated carbocycles. The van der Waals surface area contributed by atoms with Crippen molar-refractivity contribution in [3.05, 3.63) is 83.2 Å². The van der Waals surface area contributed by atoms with E-state index in [9.17, 15) is 19.1 Å². The van der Waals surface area contributed by atoms with Gasteiger partial charge in [0, 0.05) is 5.92 Å². The molecule has 7 heteroatoms. The SMILES string of the molecule is O=C(Nc1cc(C(=O)O)cc(F)c1O)OCC1c2ccccc2-c2ccccc21. The van der Waals surface area contributed by atoms with Crippen LogP contribution < -0.4 is 5.32 Å². The molecule has 0 atom stereocenters. The van der Waals surface area contributed by atoms with Crippen molar-refractivity contribution in [3.63, 3.8) is 0 Å². The lowest BCUT2D eigenvalue weighted by Crippen LogP contribution is -2.18. The van der Waals surface area contributed by atoms with E-state index in [1.165, 1.54) is 0 Å². The molecule has 0 unspecified atom stereocenters. The highest BCUT2D eigenvalue weighted by Crippen LogP contribution is 2.44. The highest BCUT2D eigenvalue weighted by molar-refractivity contribution is 5.93. The number of amides is 1. The number of halogens is 1. The highest BCUT2D eigenvalue weighted by Gasteiger charge is 2.29. The molecule has 3 aromatic carbocycles. The standard InChI is InChI=1S/C22H16FNO5/c23-18-9-12(21(26)27)10-19(20(18)25)24-22(28)29-11-17-15-7-3-1-5-13(15)14-6-2-4-8-16(14)17/h1-10,17,25H,11H2,(H,24,28)(H,26,27). The van der Waals surface area contributed by atoms with Gasteiger partial charge in [-0.1, -0.05) is 48.5 Å². The number of carboxylic acid groups (broad SMARTS) is 1. The first-order valence-electron chi connectivity index (χ1n) is 8.83. The topological polar surface area (TPSA) is 95.9 Å². The molecule has 1 aliphatic carbocycles. The number of benzene rings is 3. The zero-order valence-corrected chi connectivity index (χ0v) is 15.1. The number of anilines is 1. The molecule has 3 N–H and O–H groups in total. The molecule has 0 heterocycles. The average molecular weight is 393 g/mol. The second-order valence-electron chi connectivity index (χ2n) is 6.61. The van der Waals surface area contributed by atoms with Crippen molar-refractivity contribution in [1.82, 2.24) is 0 Å². The van der Waals surface area contributed by atoms with Crippen molar-refractivity contribution < 1.29 is 28.9 Å². The van der Waals surface area contributed by atoms with Crippen LogP contribution in [0, 0.1) is 5.82 Å². The van der Waals surface area contributed by atoms with Crippen LogP contribution in [0.4, 0.5) is 14.9 Å². The monoisotopic (exact) mass is 393 g/mol. The zero-order chi connectivity index (χ0) is 20.5. The number of aromatic carboxylic acids is 1. The molecule has 0 saturated heterocycles. The quantitative estimate of drug-likeness (QED) is 0.564. The van der Waals surface area contributed by atoms with E-state index in [2.05, 4.69) is 5.32 Å². The molecule has 1 aliphatic rings. The Morgan fingerprint density at radius 1 is 1.00 bits per heavy atom. The Labute approximate surface area is 165 Å². The zero-order valence-electron chi connectivity index (χ0n) is 15.1. The molecule has 0 bridgehead atoms. The summed E-state index contributed by atoms with van der Waals surface area (Å²) in [6.07, 6.45) is -0.927. The number of hydrogen-bond acceptors (Lipinski definition) is 4. The maximum absolute atomic E-state index is 13.7. The van der Waals surface area contributed by atoms with E-state index < -0.39 is 29.2 Å². The number of carboxylic acids is 1. The first kappa shape index (κ1) is 18.5. The van der Waals surface area contributed by atoms with Crippen molar-refractivity contribution in [2.45, 2.75) is 5.92 Å². The van der Waals surface area contributed by atoms with Crippen LogP contribution >= 0.6 is 0 Å². The Bertz CT molecular complexity index is 1080. The van der Waals surface area contributed by atoms with E-state index in [4.69, 9.17) is 9.84 Å². The molecule has 0 radical (unpaired) electrons. The van der Waals surface area contributed by atoms with Gasteiger partial charge in [-0.05, 0) is 34.4 Å². The van der Waals surface area contributed by atoms with Crippen molar-refractivity contribution in [2.75, 3.05) is 11.9 Å². The van der Waals surface area contributed by atoms with Crippen LogP contribution in [0.15, 0.2) is 60.7 Å². The third-order valence-electron chi connectivity index (χ3n) is 4.89. The fourth-order valence-corrected chi connectivity index (χ4v) is 3.56. The predicted octanol–water partition coefficient (Wildman–Crippen LogP) is 4.59. The number of fused-ring (bicyclic) bond motifs is 3. The average Bonchev–Trinajstić information content (AvgIpc) is 3.03. The molecule has 146 valence electrons. The number of rotatable bonds is 4. The second kappa shape index (κ2) is 7.27. The van der Waals surface area contributed by atoms with Gasteiger partial charge < -0.3 is 14.9 Å². The number of ether oxygens (including phenoxy) is 1. The van der Waals surface area contributed by atoms with Gasteiger partial charge in [0.15, 0.2) is 11.6 Å². The lowest BCUT2D eigenvalue weighted by atomic mass is 9.98. The van der Waals surface area contributed by atoms with Gasteiger partial charge in [-0.3, -0.25) is 5.32 Å². The van der Waals surface area contributed by atoms with Gasteiger partial charge in [-0.15, -0.1) is 0 Å². The number of phenols is 1. The van der Waals surface area contributed by atoms with Crippen LogP contribution in [0.3, 0.4) is 0 Å². The lowest BCUT2D eigenvalue weighted by molar-refractivity contribution is 0.0696. The van der Waals surface area contributed by atoms with Crippen LogP contribution in [-0.2, 0) is 4.74 Å². The van der Waals surface area contributed by atoms with E-state index in [0.717, 1.165) is 28.3 Å². The molecule has 29 heavy (non-hydrogen) atoms. The molecule has 4 rings (SSSR count). The summed E-state index contributed by atoms with van der Waals surface area (Å²) < 4.78 is 19.0. The fourth-order valence-electron chi connectivity index (χ4n) is 3.56. The van der Waals surface area contributed by atoms with Crippen LogP contribution in [-0.4, -0.2) is 28.9 Å². The van der Waals surface area contributed by atoms with Crippen molar-refractivity contribution in [2.24, 2.45) is 0 Å². The van der Waals surface area contributed by atoms with Crippen LogP contribution in [0.1, 0.15) is 27.4 Å². The second-order valence-corrected chi connectivity index (χ2v) is 6.61. The van der Waals surface area contributed by atoms with Crippen molar-refractivity contribution in [3.8, 4) is 16.9 Å². The maximum Gasteiger partial charge on any atom is 0.411 e. The predicted molar refractivity (Wildman–Crippen MR) is 104 cm³/mol. The van der Waals surface area contributed by atoms with Crippen LogP contribution in [0.2, 0.25) is 0 Å². The molecular formula is C22H16FNO5. The van der Waals surface area contributed by atoms with Crippen molar-refractivity contribution in [1.29, 1.82) is 0 Å². The van der Waals surface area contributed by atoms with Gasteiger partial charge in [0.25, 0.3) is 0 Å². The van der Waals surface area contributed by atoms with Gasteiger partial charge in [0.2, 0.25) is 0 Å². The van der Waals surface area contributed by atoms with E-state index in [1.54, 1.807) is 0 Å². The van der Waals surface area contributed by atoms with E-state index in [-0.39, 0.29) is 18.2 Å². The molecule has 0 aromatic heterocycles. The summed E-state index contributed by atoms with van der Waals surface area (Å²) in [5.41, 5.74) is 3.43. The lowest BCUT2D eigenvalue weighted by Gasteiger charge is -2.15. The highest BCUT2D eigenvalue weighted by atomic mass is 19.1. The molecule has 0 spiro atoms. The van der Waals surface area contributed by atoms with Crippen LogP contribution in [0.25, 0.3) is 11.1 Å². The van der Waals surface area contributed by atoms with Crippen molar-refractivity contribution >= 4 is 17.7 Å². The number of nitrogens with one attached hydrogen (secondary N) is 1. The van der Waals surface area contributed by atoms with Gasteiger partial charge in [0.1, 0.15) is 6.61 Å². The number of aromatic hydroxyl groups is 1. The smallest absolute Gasteiger partial charge is 0.411 e. The van der Waals surface area contributed by atoms with E-state index >= 15 is 0 Å². The first-order valence-corrected chi connectivity index (χ1v) is 8.83. The van der Waals surface area contributed by atoms with Gasteiger partial charge in [-0.2, -0.15) is 0 Å². The maximum atomic E-state index is 13.7. The third kappa shape index (κ3) is 3.38. The van der Waals surface area contributed by atoms with Gasteiger partial charge in [0.05, 0.1) is 11.3 Å². The molecule has 3 aromatic rings. The Hall–Kier alpha value is -3.87. The molecule has 0 fully saturated rings. The normalized spacial score (nSPS) is 12.2. The van der Waals surface area contributed by atoms with Gasteiger partial charge >= 0.3 is 12.1 Å². The minimum absolute atomic E-state index is 0.0295. The summed E-state index contributed by atoms with van der Waals surface area (Å²) in [5, 5.41) is 21.0. The summed E-state index contributed by atoms with van der Waals surface area (Å²) >= 11 is 0. The summed E-state index contributed by atoms with van der Waals surface area (Å²) in [6, 6.07) is 17.3.